The van der Waals surface area contributed by atoms with Crippen molar-refractivity contribution >= 4 is 17.7 Å². The van der Waals surface area contributed by atoms with Crippen LogP contribution in [0.2, 0.25) is 0 Å². The third-order valence-corrected chi connectivity index (χ3v) is 5.31. The Morgan fingerprint density at radius 2 is 1.81 bits per heavy atom. The lowest BCUT2D eigenvalue weighted by molar-refractivity contribution is -0.120. The molecule has 27 heavy (non-hydrogen) atoms. The van der Waals surface area contributed by atoms with E-state index in [0.717, 1.165) is 11.1 Å². The number of carbonyl (C=O) groups excluding carboxylic acids is 1. The summed E-state index contributed by atoms with van der Waals surface area (Å²) >= 11 is 1.34. The van der Waals surface area contributed by atoms with Gasteiger partial charge in [-0.3, -0.25) is 4.79 Å². The highest BCUT2D eigenvalue weighted by Crippen LogP contribution is 2.25. The van der Waals surface area contributed by atoms with E-state index >= 15 is 0 Å². The lowest BCUT2D eigenvalue weighted by Gasteiger charge is -2.12. The van der Waals surface area contributed by atoms with Crippen LogP contribution in [0.25, 0.3) is 11.4 Å². The fourth-order valence-electron chi connectivity index (χ4n) is 2.52. The fourth-order valence-corrected chi connectivity index (χ4v) is 3.36. The van der Waals surface area contributed by atoms with Crippen LogP contribution >= 0.6 is 11.8 Å². The Bertz CT molecular complexity index is 922. The normalized spacial score (nSPS) is 12.0. The van der Waals surface area contributed by atoms with E-state index in [4.69, 9.17) is 0 Å². The van der Waals surface area contributed by atoms with Gasteiger partial charge >= 0.3 is 0 Å². The van der Waals surface area contributed by atoms with E-state index in [0.29, 0.717) is 17.5 Å². The number of aromatic nitrogens is 3. The molecule has 0 radical (unpaired) electrons. The van der Waals surface area contributed by atoms with Gasteiger partial charge in [-0.1, -0.05) is 41.6 Å². The molecule has 0 saturated heterocycles. The molecule has 0 aliphatic carbocycles. The molecule has 2 aromatic carbocycles. The van der Waals surface area contributed by atoms with Crippen LogP contribution in [0.1, 0.15) is 18.1 Å². The first kappa shape index (κ1) is 19.1. The maximum atomic E-state index is 13.1. The zero-order valence-corrected chi connectivity index (χ0v) is 16.3. The van der Waals surface area contributed by atoms with Crippen molar-refractivity contribution in [1.82, 2.24) is 20.1 Å². The SMILES string of the molecule is Cc1ccc(CNC(=O)[C@H](C)Sc2nnc(-c3ccc(F)cc3)n2C)cc1. The van der Waals surface area contributed by atoms with E-state index < -0.39 is 0 Å². The molecule has 1 heterocycles. The highest BCUT2D eigenvalue weighted by Gasteiger charge is 2.19. The number of benzene rings is 2. The lowest BCUT2D eigenvalue weighted by Crippen LogP contribution is -2.30. The lowest BCUT2D eigenvalue weighted by atomic mass is 10.1. The Labute approximate surface area is 162 Å². The van der Waals surface area contributed by atoms with E-state index in [1.165, 1.54) is 29.5 Å². The highest BCUT2D eigenvalue weighted by atomic mass is 32.2. The molecule has 3 rings (SSSR count). The number of carbonyl (C=O) groups is 1. The van der Waals surface area contributed by atoms with Crippen molar-refractivity contribution in [3.05, 3.63) is 65.5 Å². The number of halogens is 1. The monoisotopic (exact) mass is 384 g/mol. The molecule has 1 aromatic heterocycles. The van der Waals surface area contributed by atoms with Gasteiger partial charge in [0.1, 0.15) is 5.82 Å². The smallest absolute Gasteiger partial charge is 0.233 e. The molecule has 0 spiro atoms. The van der Waals surface area contributed by atoms with E-state index in [2.05, 4.69) is 15.5 Å². The van der Waals surface area contributed by atoms with Gasteiger partial charge in [0.05, 0.1) is 5.25 Å². The molecule has 1 N–H and O–H groups in total. The van der Waals surface area contributed by atoms with Crippen molar-refractivity contribution < 1.29 is 9.18 Å². The summed E-state index contributed by atoms with van der Waals surface area (Å²) in [6, 6.07) is 14.1. The van der Waals surface area contributed by atoms with Crippen LogP contribution in [0, 0.1) is 12.7 Å². The van der Waals surface area contributed by atoms with E-state index in [9.17, 15) is 9.18 Å². The van der Waals surface area contributed by atoms with Crippen molar-refractivity contribution in [2.24, 2.45) is 7.05 Å². The Kier molecular flexibility index (Phi) is 5.91. The molecule has 0 aliphatic rings. The van der Waals surface area contributed by atoms with Crippen LogP contribution < -0.4 is 5.32 Å². The third-order valence-electron chi connectivity index (χ3n) is 4.18. The van der Waals surface area contributed by atoms with E-state index in [-0.39, 0.29) is 17.0 Å². The largest absolute Gasteiger partial charge is 0.351 e. The quantitative estimate of drug-likeness (QED) is 0.658. The number of nitrogens with one attached hydrogen (secondary N) is 1. The summed E-state index contributed by atoms with van der Waals surface area (Å²) in [5, 5.41) is 11.6. The van der Waals surface area contributed by atoms with Crippen molar-refractivity contribution in [3.8, 4) is 11.4 Å². The van der Waals surface area contributed by atoms with Gasteiger partial charge in [-0.05, 0) is 43.7 Å². The molecule has 3 aromatic rings. The molecular weight excluding hydrogens is 363 g/mol. The molecule has 0 saturated carbocycles. The molecule has 5 nitrogen and oxygen atoms in total. The van der Waals surface area contributed by atoms with Gasteiger partial charge in [-0.15, -0.1) is 10.2 Å². The molecule has 0 unspecified atom stereocenters. The average Bonchev–Trinajstić information content (AvgIpc) is 3.02. The van der Waals surface area contributed by atoms with Crippen molar-refractivity contribution in [3.63, 3.8) is 0 Å². The summed E-state index contributed by atoms with van der Waals surface area (Å²) in [5.41, 5.74) is 3.02. The van der Waals surface area contributed by atoms with Crippen molar-refractivity contribution in [2.75, 3.05) is 0 Å². The zero-order chi connectivity index (χ0) is 19.4. The van der Waals surface area contributed by atoms with Gasteiger partial charge < -0.3 is 9.88 Å². The number of hydrogen-bond donors (Lipinski definition) is 1. The zero-order valence-electron chi connectivity index (χ0n) is 15.4. The Morgan fingerprint density at radius 1 is 1.15 bits per heavy atom. The minimum atomic E-state index is -0.320. The van der Waals surface area contributed by atoms with Crippen LogP contribution in [-0.4, -0.2) is 25.9 Å². The summed E-state index contributed by atoms with van der Waals surface area (Å²) in [5.74, 6) is 0.269. The second-order valence-corrected chi connectivity index (χ2v) is 7.64. The van der Waals surface area contributed by atoms with Crippen molar-refractivity contribution in [2.45, 2.75) is 30.8 Å². The van der Waals surface area contributed by atoms with Gasteiger partial charge in [-0.2, -0.15) is 0 Å². The number of nitrogens with zero attached hydrogens (tertiary/aromatic N) is 3. The molecule has 140 valence electrons. The van der Waals surface area contributed by atoms with Crippen LogP contribution in [0.4, 0.5) is 4.39 Å². The molecule has 0 aliphatic heterocycles. The van der Waals surface area contributed by atoms with Crippen LogP contribution in [0.5, 0.6) is 0 Å². The summed E-state index contributed by atoms with van der Waals surface area (Å²) < 4.78 is 14.9. The second-order valence-electron chi connectivity index (χ2n) is 6.34. The van der Waals surface area contributed by atoms with Crippen LogP contribution in [0.15, 0.2) is 53.7 Å². The van der Waals surface area contributed by atoms with E-state index in [1.807, 2.05) is 49.7 Å². The summed E-state index contributed by atoms with van der Waals surface area (Å²) in [6.07, 6.45) is 0. The predicted molar refractivity (Wildman–Crippen MR) is 105 cm³/mol. The Morgan fingerprint density at radius 3 is 2.48 bits per heavy atom. The predicted octanol–water partition coefficient (Wildman–Crippen LogP) is 3.73. The van der Waals surface area contributed by atoms with Gasteiger partial charge in [0.25, 0.3) is 0 Å². The van der Waals surface area contributed by atoms with Crippen LogP contribution in [0.3, 0.4) is 0 Å². The first-order chi connectivity index (χ1) is 12.9. The minimum absolute atomic E-state index is 0.0630. The topological polar surface area (TPSA) is 59.8 Å². The maximum Gasteiger partial charge on any atom is 0.233 e. The fraction of sp³-hybridized carbons (Fsp3) is 0.250. The van der Waals surface area contributed by atoms with E-state index in [1.54, 1.807) is 12.1 Å². The number of aryl methyl sites for hydroxylation is 1. The third kappa shape index (κ3) is 4.74. The Hall–Kier alpha value is -2.67. The number of thioether (sulfide) groups is 1. The van der Waals surface area contributed by atoms with Gasteiger partial charge in [-0.25, -0.2) is 4.39 Å². The first-order valence-electron chi connectivity index (χ1n) is 8.59. The molecular formula is C20H21FN4OS. The average molecular weight is 384 g/mol. The Balaban J connectivity index is 1.61. The molecule has 0 bridgehead atoms. The summed E-state index contributed by atoms with van der Waals surface area (Å²) in [4.78, 5) is 12.4. The summed E-state index contributed by atoms with van der Waals surface area (Å²) in [6.45, 7) is 4.35. The van der Waals surface area contributed by atoms with Gasteiger partial charge in [0.15, 0.2) is 11.0 Å². The molecule has 1 amide bonds. The minimum Gasteiger partial charge on any atom is -0.351 e. The maximum absolute atomic E-state index is 13.1. The number of rotatable bonds is 6. The van der Waals surface area contributed by atoms with Gasteiger partial charge in [0.2, 0.25) is 5.91 Å². The van der Waals surface area contributed by atoms with Crippen molar-refractivity contribution in [1.29, 1.82) is 0 Å². The highest BCUT2D eigenvalue weighted by molar-refractivity contribution is 8.00. The number of amides is 1. The molecule has 7 heteroatoms. The second kappa shape index (κ2) is 8.35. The molecule has 0 fully saturated rings. The first-order valence-corrected chi connectivity index (χ1v) is 9.47. The summed E-state index contributed by atoms with van der Waals surface area (Å²) in [7, 11) is 1.83. The number of hydrogen-bond acceptors (Lipinski definition) is 4. The van der Waals surface area contributed by atoms with Crippen LogP contribution in [-0.2, 0) is 18.4 Å². The van der Waals surface area contributed by atoms with Gasteiger partial charge in [0, 0.05) is 19.2 Å². The standard InChI is InChI=1S/C20H21FN4OS/c1-13-4-6-15(7-5-13)12-22-19(26)14(2)27-20-24-23-18(25(20)3)16-8-10-17(21)11-9-16/h4-11,14H,12H2,1-3H3,(H,22,26)/t14-/m0/s1. The molecule has 1 atom stereocenters.